The molecule has 10 nitrogen and oxygen atoms in total. The molecule has 0 atom stereocenters. The molecule has 6 rings (SSSR count). The van der Waals surface area contributed by atoms with Crippen LogP contribution in [0.15, 0.2) is 54.9 Å². The standard InChI is InChI=1S/C31H34FN7O3S/c1-33-29(40)9-11-38-12-14-39(15-13-38)19-20-2-6-24(35-18-20)28-17-25-30(43-28)27(8-10-34-25)42-26-7-5-22(16-23(26)32)37-31(41)36-21-3-4-21/h2,5-8,10,16-18,21H,3-4,9,11-15,19H2,1H3,(H,33,40)(H2,36,37,41). The molecule has 2 aliphatic rings. The third kappa shape index (κ3) is 7.45. The van der Waals surface area contributed by atoms with Gasteiger partial charge >= 0.3 is 6.03 Å². The molecule has 3 aromatic heterocycles. The number of urea groups is 1. The average molecular weight is 604 g/mol. The van der Waals surface area contributed by atoms with Gasteiger partial charge in [-0.05, 0) is 42.7 Å². The van der Waals surface area contributed by atoms with Crippen LogP contribution < -0.4 is 20.7 Å². The van der Waals surface area contributed by atoms with Crippen LogP contribution in [0.2, 0.25) is 0 Å². The molecule has 224 valence electrons. The quantitative estimate of drug-likeness (QED) is 0.238. The highest BCUT2D eigenvalue weighted by molar-refractivity contribution is 7.22. The number of piperazine rings is 1. The van der Waals surface area contributed by atoms with Crippen LogP contribution in [0.25, 0.3) is 20.8 Å². The van der Waals surface area contributed by atoms with Crippen molar-refractivity contribution in [3.8, 4) is 22.1 Å². The largest absolute Gasteiger partial charge is 0.453 e. The van der Waals surface area contributed by atoms with Crippen LogP contribution in [-0.4, -0.2) is 77.5 Å². The van der Waals surface area contributed by atoms with E-state index in [-0.39, 0.29) is 23.7 Å². The van der Waals surface area contributed by atoms with E-state index in [1.165, 1.54) is 23.5 Å². The summed E-state index contributed by atoms with van der Waals surface area (Å²) in [4.78, 5) is 38.4. The Hall–Kier alpha value is -4.13. The summed E-state index contributed by atoms with van der Waals surface area (Å²) in [6.07, 6.45) is 6.04. The number of hydrogen-bond acceptors (Lipinski definition) is 8. The second-order valence-corrected chi connectivity index (χ2v) is 11.9. The lowest BCUT2D eigenvalue weighted by Crippen LogP contribution is -2.46. The number of nitrogens with zero attached hydrogens (tertiary/aromatic N) is 4. The number of thiophene rings is 1. The molecule has 3 amide bonds. The molecule has 43 heavy (non-hydrogen) atoms. The minimum Gasteiger partial charge on any atom is -0.453 e. The van der Waals surface area contributed by atoms with E-state index in [9.17, 15) is 14.0 Å². The van der Waals surface area contributed by atoms with Crippen molar-refractivity contribution in [2.45, 2.75) is 31.8 Å². The highest BCUT2D eigenvalue weighted by atomic mass is 32.1. The lowest BCUT2D eigenvalue weighted by atomic mass is 10.2. The zero-order valence-corrected chi connectivity index (χ0v) is 24.8. The third-order valence-corrected chi connectivity index (χ3v) is 8.74. The van der Waals surface area contributed by atoms with Crippen LogP contribution in [0, 0.1) is 5.82 Å². The number of carbonyl (C=O) groups is 2. The Bertz CT molecular complexity index is 1600. The lowest BCUT2D eigenvalue weighted by Gasteiger charge is -2.34. The first-order valence-corrected chi connectivity index (χ1v) is 15.3. The van der Waals surface area contributed by atoms with Gasteiger partial charge in [0.05, 0.1) is 20.8 Å². The van der Waals surface area contributed by atoms with E-state index < -0.39 is 5.82 Å². The van der Waals surface area contributed by atoms with Crippen molar-refractivity contribution in [3.05, 3.63) is 66.2 Å². The molecular weight excluding hydrogens is 569 g/mol. The first-order valence-electron chi connectivity index (χ1n) is 14.5. The first-order chi connectivity index (χ1) is 20.9. The summed E-state index contributed by atoms with van der Waals surface area (Å²) in [7, 11) is 1.67. The van der Waals surface area contributed by atoms with Crippen LogP contribution in [0.4, 0.5) is 14.9 Å². The van der Waals surface area contributed by atoms with Gasteiger partial charge in [-0.1, -0.05) is 6.07 Å². The summed E-state index contributed by atoms with van der Waals surface area (Å²) in [6, 6.07) is 12.0. The van der Waals surface area contributed by atoms with E-state index >= 15 is 0 Å². The van der Waals surface area contributed by atoms with Crippen molar-refractivity contribution in [2.75, 3.05) is 45.1 Å². The van der Waals surface area contributed by atoms with E-state index in [1.807, 2.05) is 18.3 Å². The molecule has 1 saturated carbocycles. The molecule has 3 N–H and O–H groups in total. The molecule has 2 fully saturated rings. The molecular formula is C31H34FN7O3S. The van der Waals surface area contributed by atoms with Crippen LogP contribution >= 0.6 is 11.3 Å². The fraction of sp³-hybridized carbons (Fsp3) is 0.355. The fourth-order valence-corrected chi connectivity index (χ4v) is 6.00. The summed E-state index contributed by atoms with van der Waals surface area (Å²) < 4.78 is 21.7. The Morgan fingerprint density at radius 1 is 1.02 bits per heavy atom. The molecule has 0 bridgehead atoms. The normalized spacial score (nSPS) is 15.8. The predicted molar refractivity (Wildman–Crippen MR) is 165 cm³/mol. The maximum Gasteiger partial charge on any atom is 0.319 e. The van der Waals surface area contributed by atoms with E-state index in [0.717, 1.165) is 78.5 Å². The zero-order valence-electron chi connectivity index (χ0n) is 23.9. The molecule has 4 aromatic rings. The van der Waals surface area contributed by atoms with Crippen LogP contribution in [-0.2, 0) is 11.3 Å². The van der Waals surface area contributed by atoms with E-state index in [2.05, 4.69) is 36.8 Å². The maximum absolute atomic E-state index is 14.9. The van der Waals surface area contributed by atoms with Crippen molar-refractivity contribution in [2.24, 2.45) is 0 Å². The predicted octanol–water partition coefficient (Wildman–Crippen LogP) is 4.83. The number of halogens is 1. The molecule has 0 unspecified atom stereocenters. The van der Waals surface area contributed by atoms with Crippen molar-refractivity contribution >= 4 is 39.2 Å². The van der Waals surface area contributed by atoms with Gasteiger partial charge in [0.15, 0.2) is 11.6 Å². The van der Waals surface area contributed by atoms with Gasteiger partial charge in [-0.25, -0.2) is 9.18 Å². The number of aromatic nitrogens is 2. The van der Waals surface area contributed by atoms with E-state index in [0.29, 0.717) is 17.9 Å². The Labute approximate surface area is 253 Å². The Morgan fingerprint density at radius 3 is 2.56 bits per heavy atom. The Balaban J connectivity index is 1.07. The van der Waals surface area contributed by atoms with Gasteiger partial charge in [0.25, 0.3) is 0 Å². The van der Waals surface area contributed by atoms with Crippen LogP contribution in [0.1, 0.15) is 24.8 Å². The van der Waals surface area contributed by atoms with Gasteiger partial charge in [-0.2, -0.15) is 0 Å². The molecule has 1 saturated heterocycles. The van der Waals surface area contributed by atoms with Gasteiger partial charge in [0.2, 0.25) is 5.91 Å². The second-order valence-electron chi connectivity index (χ2n) is 10.8. The number of hydrogen-bond donors (Lipinski definition) is 3. The van der Waals surface area contributed by atoms with Gasteiger partial charge in [0.1, 0.15) is 5.75 Å². The molecule has 1 aliphatic carbocycles. The molecule has 4 heterocycles. The topological polar surface area (TPSA) is 112 Å². The van der Waals surface area contributed by atoms with Gasteiger partial charge < -0.3 is 25.6 Å². The van der Waals surface area contributed by atoms with Crippen molar-refractivity contribution in [1.82, 2.24) is 30.4 Å². The summed E-state index contributed by atoms with van der Waals surface area (Å²) in [5.74, 6) is 0.0627. The molecule has 0 radical (unpaired) electrons. The number of nitrogens with one attached hydrogen (secondary N) is 3. The summed E-state index contributed by atoms with van der Waals surface area (Å²) in [6.45, 7) is 5.42. The average Bonchev–Trinajstić information content (AvgIpc) is 3.71. The summed E-state index contributed by atoms with van der Waals surface area (Å²) in [5.41, 5.74) is 3.08. The number of fused-ring (bicyclic) bond motifs is 1. The maximum atomic E-state index is 14.9. The van der Waals surface area contributed by atoms with Crippen molar-refractivity contribution in [1.29, 1.82) is 0 Å². The number of ether oxygens (including phenoxy) is 1. The monoisotopic (exact) mass is 603 g/mol. The smallest absolute Gasteiger partial charge is 0.319 e. The van der Waals surface area contributed by atoms with Gasteiger partial charge in [0, 0.05) is 89.0 Å². The zero-order chi connectivity index (χ0) is 29.8. The number of carbonyl (C=O) groups excluding carboxylic acids is 2. The third-order valence-electron chi connectivity index (χ3n) is 7.58. The van der Waals surface area contributed by atoms with Crippen molar-refractivity contribution in [3.63, 3.8) is 0 Å². The van der Waals surface area contributed by atoms with E-state index in [1.54, 1.807) is 25.4 Å². The molecule has 12 heteroatoms. The lowest BCUT2D eigenvalue weighted by molar-refractivity contribution is -0.121. The van der Waals surface area contributed by atoms with E-state index in [4.69, 9.17) is 9.72 Å². The number of benzene rings is 1. The van der Waals surface area contributed by atoms with Crippen molar-refractivity contribution < 1.29 is 18.7 Å². The van der Waals surface area contributed by atoms with Crippen LogP contribution in [0.3, 0.4) is 0 Å². The summed E-state index contributed by atoms with van der Waals surface area (Å²) in [5, 5.41) is 8.15. The number of amides is 3. The molecule has 0 spiro atoms. The fourth-order valence-electron chi connectivity index (χ4n) is 4.96. The molecule has 1 aromatic carbocycles. The second kappa shape index (κ2) is 13.0. The number of pyridine rings is 2. The minimum absolute atomic E-state index is 0.0605. The minimum atomic E-state index is -0.575. The highest BCUT2D eigenvalue weighted by Crippen LogP contribution is 2.39. The summed E-state index contributed by atoms with van der Waals surface area (Å²) >= 11 is 1.49. The molecule has 1 aliphatic heterocycles. The van der Waals surface area contributed by atoms with Crippen LogP contribution in [0.5, 0.6) is 11.5 Å². The number of anilines is 1. The Morgan fingerprint density at radius 2 is 1.84 bits per heavy atom. The first kappa shape index (κ1) is 29.0. The number of rotatable bonds is 10. The highest BCUT2D eigenvalue weighted by Gasteiger charge is 2.23. The SMILES string of the molecule is CNC(=O)CCN1CCN(Cc2ccc(-c3cc4nccc(Oc5ccc(NC(=O)NC6CC6)cc5F)c4s3)nc2)CC1. The Kier molecular flexibility index (Phi) is 8.77. The van der Waals surface area contributed by atoms with Gasteiger partial charge in [-0.3, -0.25) is 19.7 Å². The van der Waals surface area contributed by atoms with Gasteiger partial charge in [-0.15, -0.1) is 11.3 Å².